The molecule has 0 bridgehead atoms. The molecule has 2 aliphatic heterocycles. The van der Waals surface area contributed by atoms with Gasteiger partial charge in [0.25, 0.3) is 0 Å². The number of benzene rings is 3. The number of hydrazone groups is 1. The number of hydrogen-bond acceptors (Lipinski definition) is 5. The molecular weight excluding hydrogens is 458 g/mol. The van der Waals surface area contributed by atoms with Crippen LogP contribution in [-0.4, -0.2) is 58.6 Å². The largest absolute Gasteiger partial charge is 0.303 e. The van der Waals surface area contributed by atoms with Gasteiger partial charge in [-0.05, 0) is 24.2 Å². The van der Waals surface area contributed by atoms with Crippen LogP contribution in [0.5, 0.6) is 0 Å². The number of hydrogen-bond donors (Lipinski definition) is 0. The van der Waals surface area contributed by atoms with Crippen molar-refractivity contribution in [1.29, 1.82) is 0 Å². The molecule has 0 spiro atoms. The third-order valence-corrected chi connectivity index (χ3v) is 7.03. The first kappa shape index (κ1) is 24.8. The fraction of sp³-hybridized carbons (Fsp3) is 0.290. The van der Waals surface area contributed by atoms with Crippen LogP contribution in [0.3, 0.4) is 0 Å². The maximum Gasteiger partial charge on any atom is 0.244 e. The second-order valence-corrected chi connectivity index (χ2v) is 9.29. The molecule has 6 nitrogen and oxygen atoms in total. The molecule has 0 aromatic heterocycles. The molecule has 2 aliphatic rings. The molecule has 188 valence electrons. The quantitative estimate of drug-likeness (QED) is 0.404. The molecule has 0 N–H and O–H groups in total. The van der Waals surface area contributed by atoms with Gasteiger partial charge in [-0.25, -0.2) is 5.01 Å². The van der Waals surface area contributed by atoms with Gasteiger partial charge in [0.1, 0.15) is 6.04 Å². The Balaban J connectivity index is 1.52. The molecule has 3 aromatic rings. The van der Waals surface area contributed by atoms with E-state index < -0.39 is 0 Å². The topological polar surface area (TPSA) is 60.6 Å². The van der Waals surface area contributed by atoms with Crippen molar-refractivity contribution in [3.8, 4) is 0 Å². The summed E-state index contributed by atoms with van der Waals surface area (Å²) in [4.78, 5) is 26.1. The summed E-state index contributed by atoms with van der Waals surface area (Å²) in [6.07, 6.45) is 0.685. The van der Waals surface area contributed by atoms with Crippen molar-refractivity contribution in [2.75, 3.05) is 19.6 Å². The van der Waals surface area contributed by atoms with Crippen LogP contribution in [0, 0.1) is 0 Å². The molecule has 0 radical (unpaired) electrons. The highest BCUT2D eigenvalue weighted by molar-refractivity contribution is 6.51. The summed E-state index contributed by atoms with van der Waals surface area (Å²) in [7, 11) is 0. The average Bonchev–Trinajstić information content (AvgIpc) is 3.60. The summed E-state index contributed by atoms with van der Waals surface area (Å²) in [5, 5.41) is 6.56. The molecule has 0 unspecified atom stereocenters. The first-order chi connectivity index (χ1) is 18.2. The van der Waals surface area contributed by atoms with Gasteiger partial charge in [-0.3, -0.25) is 14.8 Å². The number of amides is 1. The SMILES string of the molecule is CCN(CC)CCC(=O)N1N=C(c2ccccc2)C[C@H]1C1=N[C@@H](c2ccccc2)N=C1c1ccccc1. The summed E-state index contributed by atoms with van der Waals surface area (Å²) in [6, 6.07) is 30.1. The van der Waals surface area contributed by atoms with Crippen molar-refractivity contribution in [3.05, 3.63) is 108 Å². The smallest absolute Gasteiger partial charge is 0.244 e. The number of aliphatic imine (C=N–C) groups is 2. The van der Waals surface area contributed by atoms with E-state index in [0.717, 1.165) is 46.9 Å². The second kappa shape index (κ2) is 11.4. The lowest BCUT2D eigenvalue weighted by atomic mass is 9.95. The molecule has 1 amide bonds. The fourth-order valence-electron chi connectivity index (χ4n) is 4.91. The summed E-state index contributed by atoms with van der Waals surface area (Å²) in [5.74, 6) is 0.0149. The monoisotopic (exact) mass is 491 g/mol. The molecular formula is C31H33N5O. The molecule has 0 fully saturated rings. The predicted molar refractivity (Wildman–Crippen MR) is 150 cm³/mol. The summed E-state index contributed by atoms with van der Waals surface area (Å²) >= 11 is 0. The van der Waals surface area contributed by atoms with Crippen LogP contribution in [0.2, 0.25) is 0 Å². The van der Waals surface area contributed by atoms with Crippen LogP contribution >= 0.6 is 0 Å². The summed E-state index contributed by atoms with van der Waals surface area (Å²) in [6.45, 7) is 6.80. The van der Waals surface area contributed by atoms with E-state index in [1.807, 2.05) is 54.6 Å². The zero-order chi connectivity index (χ0) is 25.6. The number of carbonyl (C=O) groups is 1. The number of rotatable bonds is 9. The van der Waals surface area contributed by atoms with Gasteiger partial charge in [-0.2, -0.15) is 5.10 Å². The van der Waals surface area contributed by atoms with Gasteiger partial charge >= 0.3 is 0 Å². The molecule has 2 atom stereocenters. The third kappa shape index (κ3) is 5.44. The van der Waals surface area contributed by atoms with Crippen molar-refractivity contribution in [2.24, 2.45) is 15.1 Å². The summed E-state index contributed by atoms with van der Waals surface area (Å²) < 4.78 is 0. The Hall–Kier alpha value is -3.90. The van der Waals surface area contributed by atoms with Gasteiger partial charge in [0.2, 0.25) is 5.91 Å². The predicted octanol–water partition coefficient (Wildman–Crippen LogP) is 5.37. The van der Waals surface area contributed by atoms with Crippen molar-refractivity contribution in [2.45, 2.75) is 38.9 Å². The first-order valence-corrected chi connectivity index (χ1v) is 13.1. The highest BCUT2D eigenvalue weighted by atomic mass is 16.2. The lowest BCUT2D eigenvalue weighted by molar-refractivity contribution is -0.132. The van der Waals surface area contributed by atoms with E-state index >= 15 is 0 Å². The van der Waals surface area contributed by atoms with E-state index in [-0.39, 0.29) is 18.1 Å². The number of carbonyl (C=O) groups excluding carboxylic acids is 1. The van der Waals surface area contributed by atoms with Gasteiger partial charge in [0.15, 0.2) is 6.17 Å². The maximum atomic E-state index is 13.6. The van der Waals surface area contributed by atoms with Crippen molar-refractivity contribution >= 4 is 23.0 Å². The highest BCUT2D eigenvalue weighted by Gasteiger charge is 2.40. The first-order valence-electron chi connectivity index (χ1n) is 13.1. The minimum atomic E-state index is -0.334. The fourth-order valence-corrected chi connectivity index (χ4v) is 4.91. The Morgan fingerprint density at radius 2 is 1.43 bits per heavy atom. The average molecular weight is 492 g/mol. The lowest BCUT2D eigenvalue weighted by Gasteiger charge is -2.24. The Morgan fingerprint density at radius 1 is 0.838 bits per heavy atom. The van der Waals surface area contributed by atoms with Crippen LogP contribution in [-0.2, 0) is 4.79 Å². The van der Waals surface area contributed by atoms with E-state index in [1.165, 1.54) is 0 Å². The molecule has 2 heterocycles. The Kier molecular flexibility index (Phi) is 7.66. The van der Waals surface area contributed by atoms with Crippen LogP contribution in [0.4, 0.5) is 0 Å². The highest BCUT2D eigenvalue weighted by Crippen LogP contribution is 2.31. The molecule has 37 heavy (non-hydrogen) atoms. The molecule has 3 aromatic carbocycles. The van der Waals surface area contributed by atoms with E-state index in [0.29, 0.717) is 19.4 Å². The van der Waals surface area contributed by atoms with Crippen molar-refractivity contribution in [3.63, 3.8) is 0 Å². The molecule has 0 aliphatic carbocycles. The molecule has 0 saturated heterocycles. The Labute approximate surface area is 219 Å². The molecule has 5 rings (SSSR count). The van der Waals surface area contributed by atoms with Gasteiger partial charge in [0.05, 0.1) is 17.1 Å². The van der Waals surface area contributed by atoms with Crippen LogP contribution in [0.15, 0.2) is 106 Å². The van der Waals surface area contributed by atoms with Gasteiger partial charge in [0, 0.05) is 24.9 Å². The van der Waals surface area contributed by atoms with Gasteiger partial charge < -0.3 is 4.90 Å². The summed E-state index contributed by atoms with van der Waals surface area (Å²) in [5.41, 5.74) is 5.63. The zero-order valence-electron chi connectivity index (χ0n) is 21.5. The number of nitrogens with zero attached hydrogens (tertiary/aromatic N) is 5. The van der Waals surface area contributed by atoms with E-state index in [2.05, 4.69) is 55.1 Å². The minimum Gasteiger partial charge on any atom is -0.303 e. The van der Waals surface area contributed by atoms with E-state index in [4.69, 9.17) is 15.1 Å². The van der Waals surface area contributed by atoms with Gasteiger partial charge in [-0.1, -0.05) is 105 Å². The second-order valence-electron chi connectivity index (χ2n) is 9.29. The van der Waals surface area contributed by atoms with E-state index in [9.17, 15) is 4.79 Å². The van der Waals surface area contributed by atoms with Crippen molar-refractivity contribution < 1.29 is 4.79 Å². The van der Waals surface area contributed by atoms with Crippen molar-refractivity contribution in [1.82, 2.24) is 9.91 Å². The third-order valence-electron chi connectivity index (χ3n) is 7.03. The van der Waals surface area contributed by atoms with Crippen LogP contribution in [0.25, 0.3) is 0 Å². The molecule has 6 heteroatoms. The minimum absolute atomic E-state index is 0.0149. The maximum absolute atomic E-state index is 13.6. The van der Waals surface area contributed by atoms with Crippen LogP contribution < -0.4 is 0 Å². The zero-order valence-corrected chi connectivity index (χ0v) is 21.5. The van der Waals surface area contributed by atoms with Gasteiger partial charge in [-0.15, -0.1) is 0 Å². The normalized spacial score (nSPS) is 19.1. The van der Waals surface area contributed by atoms with Crippen LogP contribution in [0.1, 0.15) is 49.5 Å². The Morgan fingerprint density at radius 3 is 2.05 bits per heavy atom. The standard InChI is InChI=1S/C31H33N5O/c1-3-35(4-2)21-20-28(37)36-27(22-26(34-36)23-14-8-5-9-15-23)30-29(24-16-10-6-11-17-24)32-31(33-30)25-18-12-7-13-19-25/h5-19,27,31H,3-4,20-22H2,1-2H3/t27-,31-/m0/s1. The van der Waals surface area contributed by atoms with E-state index in [1.54, 1.807) is 5.01 Å². The lowest BCUT2D eigenvalue weighted by Crippen LogP contribution is -2.42. The Bertz CT molecular complexity index is 1300. The molecule has 0 saturated carbocycles.